The summed E-state index contributed by atoms with van der Waals surface area (Å²) in [5.74, 6) is 0.798. The first-order valence-electron chi connectivity index (χ1n) is 4.98. The number of aromatic nitrogens is 2. The van der Waals surface area contributed by atoms with Gasteiger partial charge in [0.2, 0.25) is 0 Å². The molecule has 0 aliphatic carbocycles. The molecule has 2 heterocycles. The molecular formula is C10H14N4O. The lowest BCUT2D eigenvalue weighted by Gasteiger charge is -2.02. The maximum atomic E-state index is 5.40. The molecule has 2 aromatic rings. The van der Waals surface area contributed by atoms with Crippen LogP contribution in [0.3, 0.4) is 0 Å². The summed E-state index contributed by atoms with van der Waals surface area (Å²) in [5, 5.41) is 7.97. The van der Waals surface area contributed by atoms with Gasteiger partial charge in [-0.1, -0.05) is 5.16 Å². The number of hydrogen-bond donors (Lipinski definition) is 2. The lowest BCUT2D eigenvalue weighted by molar-refractivity contribution is 0.443. The highest BCUT2D eigenvalue weighted by molar-refractivity contribution is 5.77. The molecule has 0 atom stereocenters. The second kappa shape index (κ2) is 4.27. The van der Waals surface area contributed by atoms with Crippen molar-refractivity contribution in [1.82, 2.24) is 10.1 Å². The first-order valence-corrected chi connectivity index (χ1v) is 4.98. The van der Waals surface area contributed by atoms with Crippen LogP contribution in [0.2, 0.25) is 0 Å². The van der Waals surface area contributed by atoms with Crippen LogP contribution in [0.4, 0.5) is 5.82 Å². The third-order valence-electron chi connectivity index (χ3n) is 2.21. The van der Waals surface area contributed by atoms with E-state index in [0.717, 1.165) is 29.9 Å². The molecule has 0 fully saturated rings. The molecule has 15 heavy (non-hydrogen) atoms. The van der Waals surface area contributed by atoms with Crippen LogP contribution in [0.15, 0.2) is 16.7 Å². The van der Waals surface area contributed by atoms with Crippen molar-refractivity contribution in [2.24, 2.45) is 5.73 Å². The number of anilines is 1. The Labute approximate surface area is 87.6 Å². The Morgan fingerprint density at radius 3 is 3.13 bits per heavy atom. The van der Waals surface area contributed by atoms with Crippen LogP contribution in [-0.2, 0) is 0 Å². The van der Waals surface area contributed by atoms with E-state index in [2.05, 4.69) is 15.5 Å². The molecular weight excluding hydrogens is 192 g/mol. The van der Waals surface area contributed by atoms with Crippen molar-refractivity contribution in [1.29, 1.82) is 0 Å². The Morgan fingerprint density at radius 2 is 2.33 bits per heavy atom. The highest BCUT2D eigenvalue weighted by Crippen LogP contribution is 2.17. The molecule has 0 unspecified atom stereocenters. The Balaban J connectivity index is 2.16. The van der Waals surface area contributed by atoms with Crippen molar-refractivity contribution in [2.75, 3.05) is 18.4 Å². The van der Waals surface area contributed by atoms with Crippen molar-refractivity contribution < 1.29 is 4.52 Å². The monoisotopic (exact) mass is 206 g/mol. The first kappa shape index (κ1) is 9.92. The molecule has 0 saturated heterocycles. The fourth-order valence-corrected chi connectivity index (χ4v) is 1.36. The van der Waals surface area contributed by atoms with E-state index in [1.165, 1.54) is 0 Å². The van der Waals surface area contributed by atoms with Gasteiger partial charge in [-0.2, -0.15) is 4.98 Å². The predicted molar refractivity (Wildman–Crippen MR) is 58.7 cm³/mol. The zero-order valence-electron chi connectivity index (χ0n) is 8.66. The normalized spacial score (nSPS) is 10.8. The molecule has 5 nitrogen and oxygen atoms in total. The number of rotatable bonds is 4. The zero-order valence-corrected chi connectivity index (χ0v) is 8.66. The molecule has 2 rings (SSSR count). The number of hydrogen-bond acceptors (Lipinski definition) is 5. The van der Waals surface area contributed by atoms with E-state index in [9.17, 15) is 0 Å². The van der Waals surface area contributed by atoms with Crippen LogP contribution < -0.4 is 11.1 Å². The van der Waals surface area contributed by atoms with E-state index in [-0.39, 0.29) is 0 Å². The molecule has 0 aliphatic rings. The number of nitrogens with zero attached hydrogens (tertiary/aromatic N) is 2. The molecule has 0 spiro atoms. The van der Waals surface area contributed by atoms with Gasteiger partial charge >= 0.3 is 0 Å². The third-order valence-corrected chi connectivity index (χ3v) is 2.21. The maximum Gasteiger partial charge on any atom is 0.259 e. The van der Waals surface area contributed by atoms with Gasteiger partial charge in [0, 0.05) is 6.54 Å². The number of nitrogens with one attached hydrogen (secondary N) is 1. The van der Waals surface area contributed by atoms with Crippen LogP contribution >= 0.6 is 0 Å². The SMILES string of the molecule is Cc1noc2nc(NCCCN)ccc12. The number of fused-ring (bicyclic) bond motifs is 1. The van der Waals surface area contributed by atoms with E-state index in [1.54, 1.807) is 0 Å². The van der Waals surface area contributed by atoms with Crippen LogP contribution in [-0.4, -0.2) is 23.2 Å². The molecule has 0 saturated carbocycles. The molecule has 0 amide bonds. The third kappa shape index (κ3) is 2.07. The van der Waals surface area contributed by atoms with Gasteiger partial charge < -0.3 is 15.6 Å². The topological polar surface area (TPSA) is 77.0 Å². The maximum absolute atomic E-state index is 5.40. The largest absolute Gasteiger partial charge is 0.370 e. The van der Waals surface area contributed by atoms with Crippen LogP contribution in [0.1, 0.15) is 12.1 Å². The Morgan fingerprint density at radius 1 is 1.47 bits per heavy atom. The predicted octanol–water partition coefficient (Wildman–Crippen LogP) is 1.29. The summed E-state index contributed by atoms with van der Waals surface area (Å²) in [7, 11) is 0. The lowest BCUT2D eigenvalue weighted by atomic mass is 10.3. The minimum absolute atomic E-state index is 0.574. The summed E-state index contributed by atoms with van der Waals surface area (Å²) in [6.45, 7) is 3.40. The van der Waals surface area contributed by atoms with Gasteiger partial charge in [-0.05, 0) is 32.0 Å². The fraction of sp³-hybridized carbons (Fsp3) is 0.400. The van der Waals surface area contributed by atoms with Gasteiger partial charge in [0.05, 0.1) is 11.1 Å². The molecule has 0 radical (unpaired) electrons. The summed E-state index contributed by atoms with van der Waals surface area (Å²) in [5.41, 5.74) is 6.84. The second-order valence-electron chi connectivity index (χ2n) is 3.39. The van der Waals surface area contributed by atoms with Gasteiger partial charge in [0.15, 0.2) is 0 Å². The van der Waals surface area contributed by atoms with E-state index < -0.39 is 0 Å². The number of aryl methyl sites for hydroxylation is 1. The molecule has 5 heteroatoms. The van der Waals surface area contributed by atoms with E-state index in [4.69, 9.17) is 10.3 Å². The summed E-state index contributed by atoms with van der Waals surface area (Å²) in [6.07, 6.45) is 0.926. The van der Waals surface area contributed by atoms with Crippen molar-refractivity contribution in [3.63, 3.8) is 0 Å². The Hall–Kier alpha value is -1.62. The minimum Gasteiger partial charge on any atom is -0.370 e. The number of nitrogens with two attached hydrogens (primary N) is 1. The van der Waals surface area contributed by atoms with Crippen molar-refractivity contribution >= 4 is 16.9 Å². The molecule has 2 aromatic heterocycles. The standard InChI is InChI=1S/C10H14N4O/c1-7-8-3-4-9(12-6-2-5-11)13-10(8)15-14-7/h3-4H,2,5-6,11H2,1H3,(H,12,13). The Kier molecular flexibility index (Phi) is 2.82. The Bertz CT molecular complexity index is 452. The molecule has 3 N–H and O–H groups in total. The van der Waals surface area contributed by atoms with E-state index >= 15 is 0 Å². The summed E-state index contributed by atoms with van der Waals surface area (Å²) < 4.78 is 5.07. The van der Waals surface area contributed by atoms with Crippen LogP contribution in [0, 0.1) is 6.92 Å². The van der Waals surface area contributed by atoms with Gasteiger partial charge in [-0.3, -0.25) is 0 Å². The van der Waals surface area contributed by atoms with Crippen molar-refractivity contribution in [3.8, 4) is 0 Å². The van der Waals surface area contributed by atoms with Gasteiger partial charge in [-0.25, -0.2) is 0 Å². The van der Waals surface area contributed by atoms with E-state index in [0.29, 0.717) is 12.3 Å². The fourth-order valence-electron chi connectivity index (χ4n) is 1.36. The first-order chi connectivity index (χ1) is 7.31. The summed E-state index contributed by atoms with van der Waals surface area (Å²) in [6, 6.07) is 3.88. The highest BCUT2D eigenvalue weighted by atomic mass is 16.5. The van der Waals surface area contributed by atoms with Gasteiger partial charge in [0.1, 0.15) is 5.82 Å². The van der Waals surface area contributed by atoms with Crippen molar-refractivity contribution in [2.45, 2.75) is 13.3 Å². The van der Waals surface area contributed by atoms with E-state index in [1.807, 2.05) is 19.1 Å². The smallest absolute Gasteiger partial charge is 0.259 e. The van der Waals surface area contributed by atoms with Crippen molar-refractivity contribution in [3.05, 3.63) is 17.8 Å². The zero-order chi connectivity index (χ0) is 10.7. The second-order valence-corrected chi connectivity index (χ2v) is 3.39. The molecule has 0 aliphatic heterocycles. The minimum atomic E-state index is 0.574. The van der Waals surface area contributed by atoms with Crippen LogP contribution in [0.25, 0.3) is 11.1 Å². The number of pyridine rings is 1. The highest BCUT2D eigenvalue weighted by Gasteiger charge is 2.05. The molecule has 0 bridgehead atoms. The summed E-state index contributed by atoms with van der Waals surface area (Å²) in [4.78, 5) is 4.29. The molecule has 0 aromatic carbocycles. The van der Waals surface area contributed by atoms with Gasteiger partial charge in [0.25, 0.3) is 5.71 Å². The quantitative estimate of drug-likeness (QED) is 0.737. The average Bonchev–Trinajstić information content (AvgIpc) is 2.61. The van der Waals surface area contributed by atoms with Crippen LogP contribution in [0.5, 0.6) is 0 Å². The molecule has 80 valence electrons. The van der Waals surface area contributed by atoms with Gasteiger partial charge in [-0.15, -0.1) is 0 Å². The summed E-state index contributed by atoms with van der Waals surface area (Å²) >= 11 is 0. The average molecular weight is 206 g/mol. The lowest BCUT2D eigenvalue weighted by Crippen LogP contribution is -2.09.